The molecule has 5 nitrogen and oxygen atoms in total. The van der Waals surface area contributed by atoms with E-state index in [1.807, 2.05) is 0 Å². The zero-order valence-corrected chi connectivity index (χ0v) is 13.1. The van der Waals surface area contributed by atoms with Gasteiger partial charge >= 0.3 is 0 Å². The molecule has 0 radical (unpaired) electrons. The molecule has 2 saturated heterocycles. The highest BCUT2D eigenvalue weighted by molar-refractivity contribution is 6.34. The summed E-state index contributed by atoms with van der Waals surface area (Å²) in [4.78, 5) is 27.9. The number of anilines is 1. The van der Waals surface area contributed by atoms with Crippen LogP contribution in [0.5, 0.6) is 0 Å². The van der Waals surface area contributed by atoms with Crippen molar-refractivity contribution in [2.45, 2.75) is 31.8 Å². The molecule has 0 bridgehead atoms. The van der Waals surface area contributed by atoms with Gasteiger partial charge < -0.3 is 14.9 Å². The number of nitrogens with zero attached hydrogens (tertiary/aromatic N) is 2. The Kier molecular flexibility index (Phi) is 4.36. The molecule has 1 N–H and O–H groups in total. The first-order chi connectivity index (χ1) is 10.6. The van der Waals surface area contributed by atoms with E-state index >= 15 is 0 Å². The van der Waals surface area contributed by atoms with Crippen molar-refractivity contribution in [3.8, 4) is 0 Å². The predicted molar refractivity (Wildman–Crippen MR) is 84.2 cm³/mol. The summed E-state index contributed by atoms with van der Waals surface area (Å²) in [6.07, 6.45) is 2.25. The van der Waals surface area contributed by atoms with Gasteiger partial charge in [0.15, 0.2) is 0 Å². The number of likely N-dealkylation sites (tertiary alicyclic amines) is 1. The summed E-state index contributed by atoms with van der Waals surface area (Å²) in [5.74, 6) is -0.0489. The Hall–Kier alpha value is -1.59. The van der Waals surface area contributed by atoms with Crippen molar-refractivity contribution in [1.29, 1.82) is 0 Å². The zero-order valence-electron chi connectivity index (χ0n) is 12.3. The van der Waals surface area contributed by atoms with Crippen LogP contribution in [-0.2, 0) is 4.79 Å². The third kappa shape index (κ3) is 2.96. The predicted octanol–water partition coefficient (Wildman–Crippen LogP) is 2.06. The maximum atomic E-state index is 12.6. The highest BCUT2D eigenvalue weighted by atomic mass is 35.5. The van der Waals surface area contributed by atoms with E-state index in [9.17, 15) is 14.7 Å². The molecule has 2 aliphatic heterocycles. The average molecular weight is 323 g/mol. The van der Waals surface area contributed by atoms with Gasteiger partial charge in [0.1, 0.15) is 0 Å². The topological polar surface area (TPSA) is 60.9 Å². The molecular weight excluding hydrogens is 304 g/mol. The van der Waals surface area contributed by atoms with Gasteiger partial charge in [0.05, 0.1) is 16.7 Å². The van der Waals surface area contributed by atoms with E-state index in [0.717, 1.165) is 12.1 Å². The summed E-state index contributed by atoms with van der Waals surface area (Å²) >= 11 is 6.18. The minimum Gasteiger partial charge on any atom is -0.393 e. The molecule has 0 aromatic heterocycles. The average Bonchev–Trinajstić information content (AvgIpc) is 2.94. The molecule has 1 aromatic carbocycles. The van der Waals surface area contributed by atoms with Crippen LogP contribution in [0.1, 0.15) is 36.0 Å². The van der Waals surface area contributed by atoms with Crippen molar-refractivity contribution in [2.24, 2.45) is 0 Å². The summed E-state index contributed by atoms with van der Waals surface area (Å²) in [6.45, 7) is 1.75. The van der Waals surface area contributed by atoms with E-state index in [-0.39, 0.29) is 17.9 Å². The lowest BCUT2D eigenvalue weighted by molar-refractivity contribution is -0.117. The number of hydrogen-bond donors (Lipinski definition) is 1. The largest absolute Gasteiger partial charge is 0.393 e. The number of carbonyl (C=O) groups is 2. The molecule has 2 aliphatic rings. The standard InChI is InChI=1S/C16H19ClN2O3/c17-14-4-3-11(19-7-1-2-15(19)21)10-13(14)16(22)18-8-5-12(20)6-9-18/h3-4,10,12,20H,1-2,5-9H2. The van der Waals surface area contributed by atoms with Crippen LogP contribution in [0.25, 0.3) is 0 Å². The minimum absolute atomic E-state index is 0.0850. The lowest BCUT2D eigenvalue weighted by Gasteiger charge is -2.30. The number of aliphatic hydroxyl groups excluding tert-OH is 1. The van der Waals surface area contributed by atoms with E-state index in [0.29, 0.717) is 49.5 Å². The van der Waals surface area contributed by atoms with Gasteiger partial charge in [-0.05, 0) is 37.5 Å². The quantitative estimate of drug-likeness (QED) is 0.906. The molecule has 0 saturated carbocycles. The van der Waals surface area contributed by atoms with Gasteiger partial charge in [-0.15, -0.1) is 0 Å². The van der Waals surface area contributed by atoms with Crippen molar-refractivity contribution in [3.63, 3.8) is 0 Å². The van der Waals surface area contributed by atoms with Crippen LogP contribution >= 0.6 is 11.6 Å². The van der Waals surface area contributed by atoms with Crippen LogP contribution in [-0.4, -0.2) is 47.6 Å². The smallest absolute Gasteiger partial charge is 0.255 e. The van der Waals surface area contributed by atoms with E-state index < -0.39 is 0 Å². The number of carbonyl (C=O) groups excluding carboxylic acids is 2. The second-order valence-corrected chi connectivity index (χ2v) is 6.24. The molecule has 0 unspecified atom stereocenters. The van der Waals surface area contributed by atoms with Gasteiger partial charge in [0.2, 0.25) is 5.91 Å². The summed E-state index contributed by atoms with van der Waals surface area (Å²) in [5, 5.41) is 9.94. The van der Waals surface area contributed by atoms with Gasteiger partial charge in [-0.3, -0.25) is 9.59 Å². The van der Waals surface area contributed by atoms with Crippen LogP contribution < -0.4 is 4.90 Å². The second-order valence-electron chi connectivity index (χ2n) is 5.84. The molecule has 6 heteroatoms. The highest BCUT2D eigenvalue weighted by Gasteiger charge is 2.26. The fourth-order valence-corrected chi connectivity index (χ4v) is 3.20. The number of benzene rings is 1. The van der Waals surface area contributed by atoms with Crippen LogP contribution in [0.3, 0.4) is 0 Å². The van der Waals surface area contributed by atoms with Gasteiger partial charge in [-0.2, -0.15) is 0 Å². The summed E-state index contributed by atoms with van der Waals surface area (Å²) in [7, 11) is 0. The Morgan fingerprint density at radius 1 is 1.23 bits per heavy atom. The first-order valence-corrected chi connectivity index (χ1v) is 8.01. The first-order valence-electron chi connectivity index (χ1n) is 7.63. The zero-order chi connectivity index (χ0) is 15.7. The van der Waals surface area contributed by atoms with E-state index in [1.54, 1.807) is 28.0 Å². The Bertz CT molecular complexity index is 597. The monoisotopic (exact) mass is 322 g/mol. The van der Waals surface area contributed by atoms with Gasteiger partial charge in [0, 0.05) is 31.7 Å². The number of amides is 2. The molecule has 2 amide bonds. The molecule has 3 rings (SSSR count). The lowest BCUT2D eigenvalue weighted by atomic mass is 10.1. The molecule has 1 aromatic rings. The van der Waals surface area contributed by atoms with Gasteiger partial charge in [0.25, 0.3) is 5.91 Å². The van der Waals surface area contributed by atoms with Crippen LogP contribution in [0.4, 0.5) is 5.69 Å². The Morgan fingerprint density at radius 2 is 1.95 bits per heavy atom. The maximum absolute atomic E-state index is 12.6. The fourth-order valence-electron chi connectivity index (χ4n) is 3.01. The highest BCUT2D eigenvalue weighted by Crippen LogP contribution is 2.28. The Morgan fingerprint density at radius 3 is 2.59 bits per heavy atom. The van der Waals surface area contributed by atoms with Crippen molar-refractivity contribution < 1.29 is 14.7 Å². The number of piperidine rings is 1. The number of aliphatic hydroxyl groups is 1. The Balaban J connectivity index is 1.83. The van der Waals surface area contributed by atoms with Crippen molar-refractivity contribution in [2.75, 3.05) is 24.5 Å². The fraction of sp³-hybridized carbons (Fsp3) is 0.500. The summed E-state index contributed by atoms with van der Waals surface area (Å²) < 4.78 is 0. The van der Waals surface area contributed by atoms with Crippen LogP contribution in [0.15, 0.2) is 18.2 Å². The van der Waals surface area contributed by atoms with Crippen molar-refractivity contribution in [3.05, 3.63) is 28.8 Å². The first kappa shape index (κ1) is 15.3. The molecule has 0 aliphatic carbocycles. The molecule has 2 fully saturated rings. The third-order valence-corrected chi connectivity index (χ3v) is 4.65. The lowest BCUT2D eigenvalue weighted by Crippen LogP contribution is -2.40. The van der Waals surface area contributed by atoms with E-state index in [2.05, 4.69) is 0 Å². The normalized spacial score (nSPS) is 19.8. The number of hydrogen-bond acceptors (Lipinski definition) is 3. The van der Waals surface area contributed by atoms with Crippen LogP contribution in [0.2, 0.25) is 5.02 Å². The van der Waals surface area contributed by atoms with Crippen molar-refractivity contribution >= 4 is 29.1 Å². The Labute approximate surface area is 134 Å². The number of halogens is 1. The van der Waals surface area contributed by atoms with E-state index in [4.69, 9.17) is 11.6 Å². The van der Waals surface area contributed by atoms with E-state index in [1.165, 1.54) is 0 Å². The van der Waals surface area contributed by atoms with Crippen LogP contribution in [0, 0.1) is 0 Å². The van der Waals surface area contributed by atoms with Gasteiger partial charge in [-0.25, -0.2) is 0 Å². The minimum atomic E-state index is -0.326. The van der Waals surface area contributed by atoms with Crippen molar-refractivity contribution in [1.82, 2.24) is 4.90 Å². The van der Waals surface area contributed by atoms with Gasteiger partial charge in [-0.1, -0.05) is 11.6 Å². The summed E-state index contributed by atoms with van der Waals surface area (Å²) in [6, 6.07) is 5.16. The molecule has 2 heterocycles. The molecule has 0 atom stereocenters. The molecule has 22 heavy (non-hydrogen) atoms. The second kappa shape index (κ2) is 6.26. The summed E-state index contributed by atoms with van der Waals surface area (Å²) in [5.41, 5.74) is 1.16. The third-order valence-electron chi connectivity index (χ3n) is 4.32. The number of rotatable bonds is 2. The maximum Gasteiger partial charge on any atom is 0.255 e. The molecule has 0 spiro atoms. The molecule has 118 valence electrons. The molecular formula is C16H19ClN2O3. The SMILES string of the molecule is O=C(c1cc(N2CCCC2=O)ccc1Cl)N1CCC(O)CC1.